The molecule has 3 aromatic carbocycles. The van der Waals surface area contributed by atoms with Gasteiger partial charge in [0.05, 0.1) is 17.6 Å². The summed E-state index contributed by atoms with van der Waals surface area (Å²) in [4.78, 5) is 24.4. The minimum atomic E-state index is -3.81. The van der Waals surface area contributed by atoms with E-state index in [0.29, 0.717) is 22.4 Å². The Kier molecular flexibility index (Phi) is 5.81. The van der Waals surface area contributed by atoms with Gasteiger partial charge in [0.15, 0.2) is 6.61 Å². The van der Waals surface area contributed by atoms with Gasteiger partial charge in [0.25, 0.3) is 5.91 Å². The van der Waals surface area contributed by atoms with Gasteiger partial charge in [-0.05, 0) is 41.8 Å². The number of fused-ring (bicyclic) bond motifs is 1. The zero-order chi connectivity index (χ0) is 21.0. The molecule has 0 saturated carbocycles. The number of hydrogen-bond acceptors (Lipinski definition) is 6. The molecule has 0 aliphatic heterocycles. The molecule has 1 amide bonds. The maximum Gasteiger partial charge on any atom is 0.339 e. The van der Waals surface area contributed by atoms with Gasteiger partial charge in [-0.2, -0.15) is 0 Å². The van der Waals surface area contributed by atoms with Crippen molar-refractivity contribution >= 4 is 38.4 Å². The molecule has 0 radical (unpaired) electrons. The fraction of sp³-hybridized carbons (Fsp3) is 0.100. The second kappa shape index (κ2) is 8.29. The number of amides is 1. The summed E-state index contributed by atoms with van der Waals surface area (Å²) in [6.07, 6.45) is 0. The first-order chi connectivity index (χ1) is 13.8. The van der Waals surface area contributed by atoms with Crippen LogP contribution in [-0.4, -0.2) is 34.0 Å². The molecule has 0 atom stereocenters. The molecular formula is C20H18N2O6S. The average Bonchev–Trinajstić information content (AvgIpc) is 2.71. The number of rotatable bonds is 6. The molecule has 0 saturated heterocycles. The summed E-state index contributed by atoms with van der Waals surface area (Å²) in [5, 5.41) is 8.94. The quantitative estimate of drug-likeness (QED) is 0.596. The van der Waals surface area contributed by atoms with E-state index >= 15 is 0 Å². The normalized spacial score (nSPS) is 11.1. The highest BCUT2D eigenvalue weighted by Gasteiger charge is 2.16. The van der Waals surface area contributed by atoms with E-state index in [4.69, 9.17) is 14.6 Å². The van der Waals surface area contributed by atoms with Crippen molar-refractivity contribution in [3.8, 4) is 5.75 Å². The number of primary sulfonamides is 1. The molecule has 3 aromatic rings. The van der Waals surface area contributed by atoms with Crippen LogP contribution in [0.5, 0.6) is 5.75 Å². The Morgan fingerprint density at radius 3 is 2.24 bits per heavy atom. The summed E-state index contributed by atoms with van der Waals surface area (Å²) in [6.45, 7) is -0.504. The van der Waals surface area contributed by atoms with Crippen LogP contribution >= 0.6 is 0 Å². The molecule has 0 spiro atoms. The van der Waals surface area contributed by atoms with Crippen LogP contribution in [0.25, 0.3) is 10.8 Å². The zero-order valence-corrected chi connectivity index (χ0v) is 16.2. The molecule has 0 unspecified atom stereocenters. The monoisotopic (exact) mass is 414 g/mol. The van der Waals surface area contributed by atoms with E-state index in [1.807, 2.05) is 12.1 Å². The maximum atomic E-state index is 12.4. The second-order valence-electron chi connectivity index (χ2n) is 6.05. The lowest BCUT2D eigenvalue weighted by Crippen LogP contribution is -2.21. The third kappa shape index (κ3) is 4.71. The molecule has 8 nitrogen and oxygen atoms in total. The van der Waals surface area contributed by atoms with Crippen molar-refractivity contribution in [2.45, 2.75) is 4.90 Å². The molecule has 9 heteroatoms. The molecule has 0 heterocycles. The Bertz CT molecular complexity index is 1170. The number of carbonyl (C=O) groups excluding carboxylic acids is 2. The van der Waals surface area contributed by atoms with E-state index in [1.54, 1.807) is 31.4 Å². The van der Waals surface area contributed by atoms with Crippen molar-refractivity contribution in [3.63, 3.8) is 0 Å². The summed E-state index contributed by atoms with van der Waals surface area (Å²) < 4.78 is 32.9. The summed E-state index contributed by atoms with van der Waals surface area (Å²) in [7, 11) is -2.27. The van der Waals surface area contributed by atoms with Crippen LogP contribution < -0.4 is 15.2 Å². The predicted molar refractivity (Wildman–Crippen MR) is 107 cm³/mol. The van der Waals surface area contributed by atoms with Gasteiger partial charge >= 0.3 is 5.97 Å². The van der Waals surface area contributed by atoms with Crippen LogP contribution in [0.1, 0.15) is 10.4 Å². The molecule has 0 fully saturated rings. The Labute approximate surface area is 167 Å². The van der Waals surface area contributed by atoms with Crippen molar-refractivity contribution in [2.75, 3.05) is 19.0 Å². The van der Waals surface area contributed by atoms with Crippen LogP contribution in [0.15, 0.2) is 65.6 Å². The summed E-state index contributed by atoms with van der Waals surface area (Å²) >= 11 is 0. The first kappa shape index (κ1) is 20.3. The number of carbonyl (C=O) groups is 2. The van der Waals surface area contributed by atoms with Gasteiger partial charge in [0.2, 0.25) is 10.0 Å². The van der Waals surface area contributed by atoms with E-state index < -0.39 is 28.5 Å². The third-order valence-electron chi connectivity index (χ3n) is 4.12. The molecule has 150 valence electrons. The summed E-state index contributed by atoms with van der Waals surface area (Å²) in [5.41, 5.74) is 0.653. The number of ether oxygens (including phenoxy) is 2. The number of nitrogens with two attached hydrogens (primary N) is 1. The summed E-state index contributed by atoms with van der Waals surface area (Å²) in [5.74, 6) is -0.596. The highest BCUT2D eigenvalue weighted by molar-refractivity contribution is 7.89. The number of esters is 1. The van der Waals surface area contributed by atoms with Crippen LogP contribution in [0.2, 0.25) is 0 Å². The van der Waals surface area contributed by atoms with Gasteiger partial charge < -0.3 is 14.8 Å². The van der Waals surface area contributed by atoms with Gasteiger partial charge in [-0.15, -0.1) is 0 Å². The Morgan fingerprint density at radius 2 is 1.62 bits per heavy atom. The minimum Gasteiger partial charge on any atom is -0.496 e. The van der Waals surface area contributed by atoms with Crippen molar-refractivity contribution in [1.82, 2.24) is 0 Å². The van der Waals surface area contributed by atoms with E-state index in [1.165, 1.54) is 24.3 Å². The number of benzene rings is 3. The SMILES string of the molecule is COc1ccc(C(=O)OCC(=O)Nc2ccc(S(N)(=O)=O)cc2)c2ccccc12. The van der Waals surface area contributed by atoms with Gasteiger partial charge in [-0.25, -0.2) is 18.4 Å². The van der Waals surface area contributed by atoms with Crippen LogP contribution in [0, 0.1) is 0 Å². The van der Waals surface area contributed by atoms with Gasteiger partial charge in [-0.1, -0.05) is 24.3 Å². The molecule has 3 N–H and O–H groups in total. The predicted octanol–water partition coefficient (Wildman–Crippen LogP) is 2.29. The Morgan fingerprint density at radius 1 is 0.966 bits per heavy atom. The Balaban J connectivity index is 1.66. The molecule has 0 aromatic heterocycles. The smallest absolute Gasteiger partial charge is 0.339 e. The maximum absolute atomic E-state index is 12.4. The van der Waals surface area contributed by atoms with Crippen LogP contribution in [-0.2, 0) is 19.6 Å². The standard InChI is InChI=1S/C20H18N2O6S/c1-27-18-11-10-17(15-4-2-3-5-16(15)18)20(24)28-12-19(23)22-13-6-8-14(9-7-13)29(21,25)26/h2-11H,12H2,1H3,(H,22,23)(H2,21,25,26). The highest BCUT2D eigenvalue weighted by Crippen LogP contribution is 2.28. The van der Waals surface area contributed by atoms with Crippen molar-refractivity contribution < 1.29 is 27.5 Å². The number of hydrogen-bond donors (Lipinski definition) is 2. The molecular weight excluding hydrogens is 396 g/mol. The lowest BCUT2D eigenvalue weighted by Gasteiger charge is -2.11. The van der Waals surface area contributed by atoms with Crippen LogP contribution in [0.3, 0.4) is 0 Å². The van der Waals surface area contributed by atoms with Crippen molar-refractivity contribution in [1.29, 1.82) is 0 Å². The van der Waals surface area contributed by atoms with Gasteiger partial charge in [0.1, 0.15) is 5.75 Å². The number of anilines is 1. The average molecular weight is 414 g/mol. The first-order valence-corrected chi connectivity index (χ1v) is 10.00. The highest BCUT2D eigenvalue weighted by atomic mass is 32.2. The van der Waals surface area contributed by atoms with E-state index in [-0.39, 0.29) is 4.90 Å². The number of nitrogens with one attached hydrogen (secondary N) is 1. The van der Waals surface area contributed by atoms with Gasteiger partial charge in [0, 0.05) is 11.1 Å². The van der Waals surface area contributed by atoms with Crippen LogP contribution in [0.4, 0.5) is 5.69 Å². The Hall–Kier alpha value is -3.43. The summed E-state index contributed by atoms with van der Waals surface area (Å²) in [6, 6.07) is 15.7. The van der Waals surface area contributed by atoms with Crippen molar-refractivity contribution in [2.24, 2.45) is 5.14 Å². The lowest BCUT2D eigenvalue weighted by atomic mass is 10.0. The van der Waals surface area contributed by atoms with E-state index in [2.05, 4.69) is 5.32 Å². The fourth-order valence-electron chi connectivity index (χ4n) is 2.76. The van der Waals surface area contributed by atoms with Gasteiger partial charge in [-0.3, -0.25) is 4.79 Å². The van der Waals surface area contributed by atoms with Crippen molar-refractivity contribution in [3.05, 3.63) is 66.2 Å². The van der Waals surface area contributed by atoms with E-state index in [9.17, 15) is 18.0 Å². The largest absolute Gasteiger partial charge is 0.496 e. The number of methoxy groups -OCH3 is 1. The molecule has 0 aliphatic carbocycles. The second-order valence-corrected chi connectivity index (χ2v) is 7.62. The molecule has 0 bridgehead atoms. The lowest BCUT2D eigenvalue weighted by molar-refractivity contribution is -0.119. The van der Waals surface area contributed by atoms with E-state index in [0.717, 1.165) is 5.39 Å². The third-order valence-corrected chi connectivity index (χ3v) is 5.05. The molecule has 3 rings (SSSR count). The number of sulfonamides is 1. The molecule has 0 aliphatic rings. The topological polar surface area (TPSA) is 125 Å². The fourth-order valence-corrected chi connectivity index (χ4v) is 3.28. The molecule has 29 heavy (non-hydrogen) atoms. The minimum absolute atomic E-state index is 0.0756. The zero-order valence-electron chi connectivity index (χ0n) is 15.4. The first-order valence-electron chi connectivity index (χ1n) is 8.45.